The molecular weight excluding hydrogens is 222 g/mol. The maximum Gasteiger partial charge on any atom is 0.355 e. The summed E-state index contributed by atoms with van der Waals surface area (Å²) in [5, 5.41) is 18.5. The Hall–Kier alpha value is -2.43. The number of aromatic carboxylic acids is 2. The maximum absolute atomic E-state index is 11.0. The topological polar surface area (TPSA) is 87.5 Å². The van der Waals surface area contributed by atoms with Crippen LogP contribution in [0, 0.1) is 6.92 Å². The summed E-state index contributed by atoms with van der Waals surface area (Å²) in [6, 6.07) is 6.56. The van der Waals surface area contributed by atoms with Crippen molar-refractivity contribution in [1.82, 2.24) is 4.98 Å². The summed E-state index contributed by atoms with van der Waals surface area (Å²) in [6.45, 7) is 1.87. The predicted molar refractivity (Wildman–Crippen MR) is 60.4 cm³/mol. The molecule has 0 radical (unpaired) electrons. The third kappa shape index (κ3) is 1.94. The summed E-state index contributed by atoms with van der Waals surface area (Å²) in [5.41, 5.74) is 0.696. The van der Waals surface area contributed by atoms with Crippen molar-refractivity contribution in [1.29, 1.82) is 0 Å². The molecule has 17 heavy (non-hydrogen) atoms. The first-order valence-corrected chi connectivity index (χ1v) is 4.87. The van der Waals surface area contributed by atoms with Gasteiger partial charge in [0, 0.05) is 5.39 Å². The van der Waals surface area contributed by atoms with Crippen LogP contribution in [-0.2, 0) is 0 Å². The number of hydrogen-bond acceptors (Lipinski definition) is 3. The summed E-state index contributed by atoms with van der Waals surface area (Å²) in [7, 11) is 0. The van der Waals surface area contributed by atoms with Crippen LogP contribution in [0.3, 0.4) is 0 Å². The Morgan fingerprint density at radius 2 is 1.82 bits per heavy atom. The van der Waals surface area contributed by atoms with E-state index in [2.05, 4.69) is 4.98 Å². The highest BCUT2D eigenvalue weighted by atomic mass is 16.4. The van der Waals surface area contributed by atoms with Gasteiger partial charge in [0.2, 0.25) is 0 Å². The minimum absolute atomic E-state index is 0.296. The predicted octanol–water partition coefficient (Wildman–Crippen LogP) is 1.94. The first-order valence-electron chi connectivity index (χ1n) is 4.87. The van der Waals surface area contributed by atoms with Crippen LogP contribution in [0.15, 0.2) is 24.3 Å². The molecule has 0 atom stereocenters. The molecule has 2 N–H and O–H groups in total. The van der Waals surface area contributed by atoms with Gasteiger partial charge in [-0.15, -0.1) is 0 Å². The van der Waals surface area contributed by atoms with E-state index in [0.717, 1.165) is 5.56 Å². The van der Waals surface area contributed by atoms with Gasteiger partial charge in [-0.1, -0.05) is 11.6 Å². The first kappa shape index (κ1) is 11.1. The Morgan fingerprint density at radius 1 is 1.12 bits per heavy atom. The highest BCUT2D eigenvalue weighted by Gasteiger charge is 2.18. The largest absolute Gasteiger partial charge is 0.478 e. The molecule has 5 heteroatoms. The van der Waals surface area contributed by atoms with Crippen molar-refractivity contribution in [3.05, 3.63) is 41.1 Å². The Kier molecular flexibility index (Phi) is 2.51. The van der Waals surface area contributed by atoms with Crippen LogP contribution in [0.25, 0.3) is 10.9 Å². The Labute approximate surface area is 96.3 Å². The van der Waals surface area contributed by atoms with E-state index in [1.165, 1.54) is 6.07 Å². The van der Waals surface area contributed by atoms with E-state index in [1.807, 2.05) is 6.92 Å². The zero-order valence-electron chi connectivity index (χ0n) is 8.97. The number of hydrogen-bond donors (Lipinski definition) is 2. The van der Waals surface area contributed by atoms with Crippen LogP contribution >= 0.6 is 0 Å². The molecular formula is C12H9NO4. The van der Waals surface area contributed by atoms with E-state index < -0.39 is 17.6 Å². The monoisotopic (exact) mass is 231 g/mol. The smallest absolute Gasteiger partial charge is 0.355 e. The molecule has 86 valence electrons. The third-order valence-corrected chi connectivity index (χ3v) is 2.40. The van der Waals surface area contributed by atoms with Gasteiger partial charge in [-0.25, -0.2) is 14.6 Å². The molecule has 2 aromatic rings. The van der Waals surface area contributed by atoms with Gasteiger partial charge in [-0.2, -0.15) is 0 Å². The number of pyridine rings is 1. The van der Waals surface area contributed by atoms with Gasteiger partial charge in [-0.3, -0.25) is 0 Å². The van der Waals surface area contributed by atoms with Crippen molar-refractivity contribution in [2.24, 2.45) is 0 Å². The number of fused-ring (bicyclic) bond motifs is 1. The van der Waals surface area contributed by atoms with Gasteiger partial charge in [0.25, 0.3) is 0 Å². The normalized spacial score (nSPS) is 10.4. The van der Waals surface area contributed by atoms with Crippen molar-refractivity contribution in [2.45, 2.75) is 6.92 Å². The lowest BCUT2D eigenvalue weighted by atomic mass is 10.1. The molecule has 1 heterocycles. The van der Waals surface area contributed by atoms with Crippen molar-refractivity contribution >= 4 is 22.8 Å². The highest BCUT2D eigenvalue weighted by Crippen LogP contribution is 2.18. The van der Waals surface area contributed by atoms with Gasteiger partial charge in [0.15, 0.2) is 5.69 Å². The summed E-state index contributed by atoms with van der Waals surface area (Å²) in [6.07, 6.45) is 0. The summed E-state index contributed by atoms with van der Waals surface area (Å²) < 4.78 is 0. The number of nitrogens with zero attached hydrogens (tertiary/aromatic N) is 1. The quantitative estimate of drug-likeness (QED) is 0.824. The Balaban J connectivity index is 2.81. The van der Waals surface area contributed by atoms with Crippen LogP contribution in [0.4, 0.5) is 0 Å². The van der Waals surface area contributed by atoms with E-state index >= 15 is 0 Å². The number of carboxylic acids is 2. The number of rotatable bonds is 2. The fourth-order valence-corrected chi connectivity index (χ4v) is 1.62. The molecule has 1 aromatic carbocycles. The van der Waals surface area contributed by atoms with E-state index in [1.54, 1.807) is 18.2 Å². The molecule has 0 bridgehead atoms. The van der Waals surface area contributed by atoms with Gasteiger partial charge >= 0.3 is 11.9 Å². The first-order chi connectivity index (χ1) is 7.99. The molecule has 0 aliphatic carbocycles. The molecule has 5 nitrogen and oxygen atoms in total. The second-order valence-corrected chi connectivity index (χ2v) is 3.69. The van der Waals surface area contributed by atoms with Crippen LogP contribution in [-0.4, -0.2) is 27.1 Å². The second kappa shape index (κ2) is 3.86. The molecule has 2 rings (SSSR count). The lowest BCUT2D eigenvalue weighted by Crippen LogP contribution is -2.10. The number of benzene rings is 1. The molecule has 1 aromatic heterocycles. The summed E-state index contributed by atoms with van der Waals surface area (Å²) in [4.78, 5) is 25.7. The van der Waals surface area contributed by atoms with Gasteiger partial charge < -0.3 is 10.2 Å². The number of carboxylic acid groups (broad SMARTS) is 2. The van der Waals surface area contributed by atoms with E-state index in [9.17, 15) is 9.59 Å². The molecule has 0 saturated carbocycles. The van der Waals surface area contributed by atoms with E-state index in [4.69, 9.17) is 10.2 Å². The standard InChI is InChI=1S/C12H9NO4/c1-6-2-3-9-7(4-6)5-8(11(14)15)10(13-9)12(16)17/h2-5H,1H3,(H,14,15)(H,16,17). The second-order valence-electron chi connectivity index (χ2n) is 3.69. The van der Waals surface area contributed by atoms with E-state index in [0.29, 0.717) is 10.9 Å². The van der Waals surface area contributed by atoms with E-state index in [-0.39, 0.29) is 5.56 Å². The fraction of sp³-hybridized carbons (Fsp3) is 0.0833. The average Bonchev–Trinajstić information content (AvgIpc) is 2.26. The Morgan fingerprint density at radius 3 is 2.41 bits per heavy atom. The van der Waals surface area contributed by atoms with Crippen LogP contribution < -0.4 is 0 Å². The number of carbonyl (C=O) groups is 2. The average molecular weight is 231 g/mol. The highest BCUT2D eigenvalue weighted by molar-refractivity contribution is 6.03. The van der Waals surface area contributed by atoms with Gasteiger partial charge in [0.05, 0.1) is 11.1 Å². The SMILES string of the molecule is Cc1ccc2nc(C(=O)O)c(C(=O)O)cc2c1. The van der Waals surface area contributed by atoms with Crippen molar-refractivity contribution in [3.63, 3.8) is 0 Å². The van der Waals surface area contributed by atoms with Crippen LogP contribution in [0.1, 0.15) is 26.4 Å². The van der Waals surface area contributed by atoms with Crippen LogP contribution in [0.5, 0.6) is 0 Å². The maximum atomic E-state index is 11.0. The lowest BCUT2D eigenvalue weighted by molar-refractivity contribution is 0.0647. The third-order valence-electron chi connectivity index (χ3n) is 2.40. The molecule has 0 amide bonds. The van der Waals surface area contributed by atoms with Gasteiger partial charge in [0.1, 0.15) is 0 Å². The number of aryl methyl sites for hydroxylation is 1. The molecule has 0 unspecified atom stereocenters. The van der Waals surface area contributed by atoms with Crippen molar-refractivity contribution < 1.29 is 19.8 Å². The fourth-order valence-electron chi connectivity index (χ4n) is 1.62. The summed E-state index contributed by atoms with van der Waals surface area (Å²) >= 11 is 0. The zero-order chi connectivity index (χ0) is 12.6. The lowest BCUT2D eigenvalue weighted by Gasteiger charge is -2.04. The number of aromatic nitrogens is 1. The van der Waals surface area contributed by atoms with Crippen molar-refractivity contribution in [3.8, 4) is 0 Å². The molecule has 0 aliphatic heterocycles. The minimum atomic E-state index is -1.34. The Bertz CT molecular complexity index is 634. The van der Waals surface area contributed by atoms with Crippen LogP contribution in [0.2, 0.25) is 0 Å². The molecule has 0 saturated heterocycles. The van der Waals surface area contributed by atoms with Gasteiger partial charge in [-0.05, 0) is 25.1 Å². The zero-order valence-corrected chi connectivity index (χ0v) is 8.97. The van der Waals surface area contributed by atoms with Crippen molar-refractivity contribution in [2.75, 3.05) is 0 Å². The summed E-state index contributed by atoms with van der Waals surface area (Å²) in [5.74, 6) is -2.64. The molecule has 0 spiro atoms. The molecule has 0 aliphatic rings. The minimum Gasteiger partial charge on any atom is -0.478 e. The molecule has 0 fully saturated rings.